The summed E-state index contributed by atoms with van der Waals surface area (Å²) in [6, 6.07) is 15.1. The number of rotatable bonds is 6. The minimum atomic E-state index is -3.29. The summed E-state index contributed by atoms with van der Waals surface area (Å²) in [5.74, 6) is 1.72. The fraction of sp³-hybridized carbons (Fsp3) is 0.350. The lowest BCUT2D eigenvalue weighted by Gasteiger charge is -2.33. The monoisotopic (exact) mass is 400 g/mol. The van der Waals surface area contributed by atoms with Gasteiger partial charge in [-0.3, -0.25) is 4.90 Å². The fourth-order valence-electron chi connectivity index (χ4n) is 3.50. The lowest BCUT2D eigenvalue weighted by molar-refractivity contribution is 0.178. The summed E-state index contributed by atoms with van der Waals surface area (Å²) in [5.41, 5.74) is 2.67. The number of methoxy groups -OCH3 is 1. The number of aromatic amines is 1. The second-order valence-electron chi connectivity index (χ2n) is 6.98. The molecule has 0 amide bonds. The first-order valence-corrected chi connectivity index (χ1v) is 10.9. The molecule has 0 aliphatic carbocycles. The van der Waals surface area contributed by atoms with Crippen LogP contribution in [0.25, 0.3) is 11.0 Å². The first-order valence-electron chi connectivity index (χ1n) is 9.30. The molecule has 3 aromatic rings. The van der Waals surface area contributed by atoms with Gasteiger partial charge in [0.15, 0.2) is 0 Å². The van der Waals surface area contributed by atoms with E-state index in [2.05, 4.69) is 14.9 Å². The molecule has 1 aromatic heterocycles. The van der Waals surface area contributed by atoms with Crippen LogP contribution >= 0.6 is 0 Å². The number of hydrogen-bond donors (Lipinski definition) is 1. The number of aromatic nitrogens is 2. The molecule has 28 heavy (non-hydrogen) atoms. The highest BCUT2D eigenvalue weighted by Gasteiger charge is 2.27. The summed E-state index contributed by atoms with van der Waals surface area (Å²) in [5, 5.41) is 0. The zero-order valence-electron chi connectivity index (χ0n) is 15.8. The van der Waals surface area contributed by atoms with Gasteiger partial charge in [0, 0.05) is 32.2 Å². The van der Waals surface area contributed by atoms with E-state index < -0.39 is 10.0 Å². The average molecular weight is 401 g/mol. The number of sulfonamides is 1. The van der Waals surface area contributed by atoms with Crippen LogP contribution in [0.1, 0.15) is 11.4 Å². The summed E-state index contributed by atoms with van der Waals surface area (Å²) >= 11 is 0. The maximum Gasteiger partial charge on any atom is 0.218 e. The van der Waals surface area contributed by atoms with Gasteiger partial charge >= 0.3 is 0 Å². The number of nitrogens with zero attached hydrogens (tertiary/aromatic N) is 3. The van der Waals surface area contributed by atoms with E-state index in [0.717, 1.165) is 28.2 Å². The van der Waals surface area contributed by atoms with Gasteiger partial charge < -0.3 is 9.72 Å². The van der Waals surface area contributed by atoms with Crippen LogP contribution in [-0.4, -0.2) is 60.9 Å². The van der Waals surface area contributed by atoms with E-state index >= 15 is 0 Å². The fourth-order valence-corrected chi connectivity index (χ4v) is 5.01. The van der Waals surface area contributed by atoms with E-state index in [0.29, 0.717) is 32.7 Å². The number of ether oxygens (including phenoxy) is 1. The minimum absolute atomic E-state index is 0.0548. The molecular weight excluding hydrogens is 376 g/mol. The third-order valence-electron chi connectivity index (χ3n) is 5.03. The highest BCUT2D eigenvalue weighted by Crippen LogP contribution is 2.20. The molecule has 4 rings (SSSR count). The number of fused-ring (bicyclic) bond motifs is 1. The predicted molar refractivity (Wildman–Crippen MR) is 109 cm³/mol. The van der Waals surface area contributed by atoms with Crippen LogP contribution in [0, 0.1) is 0 Å². The van der Waals surface area contributed by atoms with E-state index in [1.54, 1.807) is 11.4 Å². The summed E-state index contributed by atoms with van der Waals surface area (Å²) < 4.78 is 32.2. The van der Waals surface area contributed by atoms with Crippen molar-refractivity contribution in [2.24, 2.45) is 0 Å². The van der Waals surface area contributed by atoms with Crippen LogP contribution in [-0.2, 0) is 22.3 Å². The molecule has 148 valence electrons. The van der Waals surface area contributed by atoms with Crippen LogP contribution in [0.4, 0.5) is 0 Å². The van der Waals surface area contributed by atoms with Crippen molar-refractivity contribution in [3.63, 3.8) is 0 Å². The van der Waals surface area contributed by atoms with E-state index in [1.165, 1.54) is 0 Å². The molecule has 2 heterocycles. The molecule has 8 heteroatoms. The van der Waals surface area contributed by atoms with Crippen LogP contribution in [0.5, 0.6) is 5.75 Å². The largest absolute Gasteiger partial charge is 0.497 e. The Kier molecular flexibility index (Phi) is 5.34. The summed E-state index contributed by atoms with van der Waals surface area (Å²) in [6.45, 7) is 3.05. The molecule has 1 saturated heterocycles. The molecule has 1 aliphatic rings. The van der Waals surface area contributed by atoms with Crippen molar-refractivity contribution < 1.29 is 13.2 Å². The van der Waals surface area contributed by atoms with Crippen molar-refractivity contribution in [1.82, 2.24) is 19.2 Å². The van der Waals surface area contributed by atoms with Crippen molar-refractivity contribution in [2.75, 3.05) is 33.3 Å². The molecule has 1 fully saturated rings. The molecule has 1 aliphatic heterocycles. The minimum Gasteiger partial charge on any atom is -0.497 e. The SMILES string of the molecule is COc1ccc2nc(CN3CCN(S(=O)(=O)Cc4ccccc4)CC3)[nH]c2c1. The molecule has 1 N–H and O–H groups in total. The zero-order chi connectivity index (χ0) is 19.6. The first kappa shape index (κ1) is 18.9. The lowest BCUT2D eigenvalue weighted by Crippen LogP contribution is -2.48. The van der Waals surface area contributed by atoms with Crippen molar-refractivity contribution in [3.05, 3.63) is 59.9 Å². The second-order valence-corrected chi connectivity index (χ2v) is 8.95. The molecular formula is C20H24N4O3S. The standard InChI is InChI=1S/C20H24N4O3S/c1-27-17-7-8-18-19(13-17)22-20(21-18)14-23-9-11-24(12-10-23)28(25,26)15-16-5-3-2-4-6-16/h2-8,13H,9-12,14-15H2,1H3,(H,21,22). The maximum absolute atomic E-state index is 12.7. The van der Waals surface area contributed by atoms with Gasteiger partial charge in [-0.1, -0.05) is 30.3 Å². The van der Waals surface area contributed by atoms with Gasteiger partial charge in [-0.25, -0.2) is 13.4 Å². The van der Waals surface area contributed by atoms with Gasteiger partial charge in [-0.2, -0.15) is 4.31 Å². The zero-order valence-corrected chi connectivity index (χ0v) is 16.7. The van der Waals surface area contributed by atoms with Gasteiger partial charge in [0.1, 0.15) is 11.6 Å². The van der Waals surface area contributed by atoms with Crippen molar-refractivity contribution in [1.29, 1.82) is 0 Å². The Labute approximate surface area is 165 Å². The molecule has 0 bridgehead atoms. The van der Waals surface area contributed by atoms with Crippen molar-refractivity contribution >= 4 is 21.1 Å². The van der Waals surface area contributed by atoms with Gasteiger partial charge in [-0.05, 0) is 17.7 Å². The van der Waals surface area contributed by atoms with Crippen LogP contribution in [0.2, 0.25) is 0 Å². The molecule has 0 unspecified atom stereocenters. The highest BCUT2D eigenvalue weighted by molar-refractivity contribution is 7.88. The first-order chi connectivity index (χ1) is 13.5. The number of nitrogens with one attached hydrogen (secondary N) is 1. The van der Waals surface area contributed by atoms with Crippen molar-refractivity contribution in [2.45, 2.75) is 12.3 Å². The van der Waals surface area contributed by atoms with Gasteiger partial charge in [-0.15, -0.1) is 0 Å². The Balaban J connectivity index is 1.36. The number of hydrogen-bond acceptors (Lipinski definition) is 5. The molecule has 2 aromatic carbocycles. The molecule has 7 nitrogen and oxygen atoms in total. The smallest absolute Gasteiger partial charge is 0.218 e. The highest BCUT2D eigenvalue weighted by atomic mass is 32.2. The molecule has 0 radical (unpaired) electrons. The number of H-pyrrole nitrogens is 1. The van der Waals surface area contributed by atoms with E-state index in [1.807, 2.05) is 48.5 Å². The molecule has 0 spiro atoms. The Morgan fingerprint density at radius 2 is 1.82 bits per heavy atom. The van der Waals surface area contributed by atoms with Crippen LogP contribution in [0.15, 0.2) is 48.5 Å². The lowest BCUT2D eigenvalue weighted by atomic mass is 10.2. The van der Waals surface area contributed by atoms with Crippen molar-refractivity contribution in [3.8, 4) is 5.75 Å². The Morgan fingerprint density at radius 1 is 1.07 bits per heavy atom. The van der Waals surface area contributed by atoms with E-state index in [-0.39, 0.29) is 5.75 Å². The van der Waals surface area contributed by atoms with Gasteiger partial charge in [0.05, 0.1) is 30.4 Å². The maximum atomic E-state index is 12.7. The quantitative estimate of drug-likeness (QED) is 0.686. The topological polar surface area (TPSA) is 78.5 Å². The van der Waals surface area contributed by atoms with Gasteiger partial charge in [0.2, 0.25) is 10.0 Å². The number of piperazine rings is 1. The number of imidazole rings is 1. The normalized spacial score (nSPS) is 16.5. The van der Waals surface area contributed by atoms with E-state index in [9.17, 15) is 8.42 Å². The Morgan fingerprint density at radius 3 is 2.54 bits per heavy atom. The van der Waals surface area contributed by atoms with Crippen LogP contribution < -0.4 is 4.74 Å². The third-order valence-corrected chi connectivity index (χ3v) is 6.88. The third kappa shape index (κ3) is 4.19. The summed E-state index contributed by atoms with van der Waals surface area (Å²) in [7, 11) is -1.65. The number of benzene rings is 2. The van der Waals surface area contributed by atoms with E-state index in [4.69, 9.17) is 4.74 Å². The second kappa shape index (κ2) is 7.90. The average Bonchev–Trinajstić information content (AvgIpc) is 3.10. The predicted octanol–water partition coefficient (Wildman–Crippen LogP) is 2.22. The molecule has 0 atom stereocenters. The Bertz CT molecular complexity index is 1040. The summed E-state index contributed by atoms with van der Waals surface area (Å²) in [6.07, 6.45) is 0. The molecule has 0 saturated carbocycles. The van der Waals surface area contributed by atoms with Crippen LogP contribution in [0.3, 0.4) is 0 Å². The Hall–Kier alpha value is -2.42. The van der Waals surface area contributed by atoms with Gasteiger partial charge in [0.25, 0.3) is 0 Å². The summed E-state index contributed by atoms with van der Waals surface area (Å²) in [4.78, 5) is 10.2.